The maximum absolute atomic E-state index is 13.8. The Labute approximate surface area is 150 Å². The largest absolute Gasteiger partial charge is 0.467 e. The summed E-state index contributed by atoms with van der Waals surface area (Å²) in [6, 6.07) is 11.2. The number of hydrogen-bond donors (Lipinski definition) is 2. The lowest BCUT2D eigenvalue weighted by Crippen LogP contribution is -2.43. The van der Waals surface area contributed by atoms with Gasteiger partial charge in [-0.3, -0.25) is 9.59 Å². The fourth-order valence-corrected chi connectivity index (χ4v) is 2.37. The summed E-state index contributed by atoms with van der Waals surface area (Å²) in [6.45, 7) is 1.38. The Morgan fingerprint density at radius 2 is 1.73 bits per heavy atom. The molecule has 136 valence electrons. The van der Waals surface area contributed by atoms with Gasteiger partial charge >= 0.3 is 5.97 Å². The molecule has 26 heavy (non-hydrogen) atoms. The summed E-state index contributed by atoms with van der Waals surface area (Å²) in [5.41, 5.74) is 1.13. The molecule has 0 aliphatic heterocycles. The van der Waals surface area contributed by atoms with Crippen LogP contribution in [0.4, 0.5) is 10.1 Å². The molecule has 0 aliphatic rings. The van der Waals surface area contributed by atoms with Gasteiger partial charge in [0.1, 0.15) is 11.9 Å². The topological polar surface area (TPSA) is 84.5 Å². The molecule has 0 fully saturated rings. The van der Waals surface area contributed by atoms with Crippen LogP contribution in [-0.4, -0.2) is 30.9 Å². The average Bonchev–Trinajstić information content (AvgIpc) is 2.62. The summed E-state index contributed by atoms with van der Waals surface area (Å²) in [4.78, 5) is 35.4. The third kappa shape index (κ3) is 5.14. The summed E-state index contributed by atoms with van der Waals surface area (Å²) in [6.07, 6.45) is -0.0327. The number of ether oxygens (including phenoxy) is 1. The third-order valence-electron chi connectivity index (χ3n) is 3.64. The van der Waals surface area contributed by atoms with Crippen molar-refractivity contribution >= 4 is 23.5 Å². The molecular formula is C19H19FN2O4. The van der Waals surface area contributed by atoms with Crippen LogP contribution in [-0.2, 0) is 20.7 Å². The molecule has 2 rings (SSSR count). The van der Waals surface area contributed by atoms with E-state index in [4.69, 9.17) is 4.74 Å². The van der Waals surface area contributed by atoms with Gasteiger partial charge in [-0.2, -0.15) is 0 Å². The molecule has 2 N–H and O–H groups in total. The monoisotopic (exact) mass is 358 g/mol. The van der Waals surface area contributed by atoms with E-state index >= 15 is 0 Å². The first-order chi connectivity index (χ1) is 12.4. The van der Waals surface area contributed by atoms with Crippen molar-refractivity contribution in [2.24, 2.45) is 0 Å². The number of halogens is 1. The SMILES string of the molecule is COC(=O)[C@@H](Cc1ccccc1F)NC(=O)c1ccc(NC(C)=O)cc1. The summed E-state index contributed by atoms with van der Waals surface area (Å²) in [7, 11) is 1.20. The predicted molar refractivity (Wildman–Crippen MR) is 94.1 cm³/mol. The zero-order valence-corrected chi connectivity index (χ0v) is 14.4. The van der Waals surface area contributed by atoms with Gasteiger partial charge < -0.3 is 15.4 Å². The molecule has 0 aliphatic carbocycles. The minimum absolute atomic E-state index is 0.0327. The van der Waals surface area contributed by atoms with Crippen molar-refractivity contribution in [2.75, 3.05) is 12.4 Å². The van der Waals surface area contributed by atoms with Gasteiger partial charge in [0, 0.05) is 24.6 Å². The number of carbonyl (C=O) groups is 3. The Bertz CT molecular complexity index is 805. The van der Waals surface area contributed by atoms with Crippen LogP contribution >= 0.6 is 0 Å². The first-order valence-electron chi connectivity index (χ1n) is 7.90. The van der Waals surface area contributed by atoms with Gasteiger partial charge in [0.05, 0.1) is 7.11 Å². The molecule has 0 heterocycles. The van der Waals surface area contributed by atoms with E-state index in [0.717, 1.165) is 0 Å². The minimum Gasteiger partial charge on any atom is -0.467 e. The van der Waals surface area contributed by atoms with Gasteiger partial charge in [0.15, 0.2) is 0 Å². The molecule has 2 amide bonds. The van der Waals surface area contributed by atoms with E-state index in [2.05, 4.69) is 10.6 Å². The number of amides is 2. The molecule has 1 atom stereocenters. The average molecular weight is 358 g/mol. The lowest BCUT2D eigenvalue weighted by molar-refractivity contribution is -0.142. The highest BCUT2D eigenvalue weighted by Crippen LogP contribution is 2.12. The van der Waals surface area contributed by atoms with E-state index in [0.29, 0.717) is 16.8 Å². The van der Waals surface area contributed by atoms with Crippen molar-refractivity contribution in [2.45, 2.75) is 19.4 Å². The maximum atomic E-state index is 13.8. The van der Waals surface area contributed by atoms with Crippen molar-refractivity contribution in [1.29, 1.82) is 0 Å². The fourth-order valence-electron chi connectivity index (χ4n) is 2.37. The maximum Gasteiger partial charge on any atom is 0.328 e. The highest BCUT2D eigenvalue weighted by atomic mass is 19.1. The first-order valence-corrected chi connectivity index (χ1v) is 7.90. The second kappa shape index (κ2) is 8.75. The van der Waals surface area contributed by atoms with E-state index in [-0.39, 0.29) is 12.3 Å². The quantitative estimate of drug-likeness (QED) is 0.776. The molecule has 0 bridgehead atoms. The standard InChI is InChI=1S/C19H19FN2O4/c1-12(23)21-15-9-7-13(8-10-15)18(24)22-17(19(25)26-2)11-14-5-3-4-6-16(14)20/h3-10,17H,11H2,1-2H3,(H,21,23)(H,22,24)/t17-/m1/s1. The summed E-state index contributed by atoms with van der Waals surface area (Å²) in [5, 5.41) is 5.14. The van der Waals surface area contributed by atoms with E-state index in [1.54, 1.807) is 30.3 Å². The number of benzene rings is 2. The van der Waals surface area contributed by atoms with Crippen LogP contribution in [0.25, 0.3) is 0 Å². The molecule has 0 saturated heterocycles. The Kier molecular flexibility index (Phi) is 6.43. The number of carbonyl (C=O) groups excluding carboxylic acids is 3. The van der Waals surface area contributed by atoms with Gasteiger partial charge in [-0.15, -0.1) is 0 Å². The molecular weight excluding hydrogens is 339 g/mol. The van der Waals surface area contributed by atoms with Crippen molar-refractivity contribution in [1.82, 2.24) is 5.32 Å². The van der Waals surface area contributed by atoms with Crippen molar-refractivity contribution in [3.05, 3.63) is 65.5 Å². The Morgan fingerprint density at radius 3 is 2.31 bits per heavy atom. The van der Waals surface area contributed by atoms with Crippen LogP contribution in [0.1, 0.15) is 22.8 Å². The fraction of sp³-hybridized carbons (Fsp3) is 0.211. The molecule has 0 unspecified atom stereocenters. The number of methoxy groups -OCH3 is 1. The Morgan fingerprint density at radius 1 is 1.08 bits per heavy atom. The zero-order valence-electron chi connectivity index (χ0n) is 14.4. The molecule has 6 nitrogen and oxygen atoms in total. The lowest BCUT2D eigenvalue weighted by Gasteiger charge is -2.17. The van der Waals surface area contributed by atoms with Crippen LogP contribution in [0.5, 0.6) is 0 Å². The van der Waals surface area contributed by atoms with Gasteiger partial charge in [-0.05, 0) is 35.9 Å². The molecule has 0 radical (unpaired) electrons. The number of anilines is 1. The number of nitrogens with one attached hydrogen (secondary N) is 2. The van der Waals surface area contributed by atoms with E-state index in [9.17, 15) is 18.8 Å². The number of rotatable bonds is 6. The highest BCUT2D eigenvalue weighted by molar-refractivity contribution is 5.97. The number of hydrogen-bond acceptors (Lipinski definition) is 4. The van der Waals surface area contributed by atoms with Crippen LogP contribution in [0.2, 0.25) is 0 Å². The second-order valence-corrected chi connectivity index (χ2v) is 5.60. The van der Waals surface area contributed by atoms with Crippen molar-refractivity contribution in [3.63, 3.8) is 0 Å². The van der Waals surface area contributed by atoms with Gasteiger partial charge in [-0.25, -0.2) is 9.18 Å². The van der Waals surface area contributed by atoms with Crippen LogP contribution < -0.4 is 10.6 Å². The van der Waals surface area contributed by atoms with Gasteiger partial charge in [-0.1, -0.05) is 18.2 Å². The lowest BCUT2D eigenvalue weighted by atomic mass is 10.0. The van der Waals surface area contributed by atoms with Crippen molar-refractivity contribution < 1.29 is 23.5 Å². The highest BCUT2D eigenvalue weighted by Gasteiger charge is 2.23. The van der Waals surface area contributed by atoms with E-state index in [1.165, 1.54) is 32.2 Å². The van der Waals surface area contributed by atoms with E-state index < -0.39 is 23.7 Å². The molecule has 2 aromatic carbocycles. The summed E-state index contributed by atoms with van der Waals surface area (Å²) in [5.74, 6) is -1.87. The van der Waals surface area contributed by atoms with Crippen LogP contribution in [0.15, 0.2) is 48.5 Å². The molecule has 0 spiro atoms. The van der Waals surface area contributed by atoms with Crippen LogP contribution in [0.3, 0.4) is 0 Å². The van der Waals surface area contributed by atoms with Gasteiger partial charge in [0.25, 0.3) is 5.91 Å². The Balaban J connectivity index is 2.12. The smallest absolute Gasteiger partial charge is 0.328 e. The van der Waals surface area contributed by atoms with Crippen molar-refractivity contribution in [3.8, 4) is 0 Å². The van der Waals surface area contributed by atoms with E-state index in [1.807, 2.05) is 0 Å². The zero-order chi connectivity index (χ0) is 19.1. The predicted octanol–water partition coefficient (Wildman–Crippen LogP) is 2.30. The minimum atomic E-state index is -1.03. The third-order valence-corrected chi connectivity index (χ3v) is 3.64. The molecule has 2 aromatic rings. The summed E-state index contributed by atoms with van der Waals surface area (Å²) < 4.78 is 18.5. The normalized spacial score (nSPS) is 11.3. The van der Waals surface area contributed by atoms with Crippen LogP contribution in [0, 0.1) is 5.82 Å². The molecule has 7 heteroatoms. The number of esters is 1. The second-order valence-electron chi connectivity index (χ2n) is 5.60. The Hall–Kier alpha value is -3.22. The molecule has 0 aromatic heterocycles. The van der Waals surface area contributed by atoms with Gasteiger partial charge in [0.2, 0.25) is 5.91 Å². The first kappa shape index (κ1) is 19.1. The molecule has 0 saturated carbocycles. The summed E-state index contributed by atoms with van der Waals surface area (Å²) >= 11 is 0.